The van der Waals surface area contributed by atoms with Gasteiger partial charge in [-0.2, -0.15) is 0 Å². The largest absolute Gasteiger partial charge is 0.305 e. The Kier molecular flexibility index (Phi) is 3.84. The lowest BCUT2D eigenvalue weighted by Crippen LogP contribution is -2.23. The van der Waals surface area contributed by atoms with Gasteiger partial charge in [0.15, 0.2) is 0 Å². The lowest BCUT2D eigenvalue weighted by molar-refractivity contribution is 0.464. The van der Waals surface area contributed by atoms with Crippen LogP contribution in [0.25, 0.3) is 0 Å². The van der Waals surface area contributed by atoms with Crippen molar-refractivity contribution in [3.8, 4) is 0 Å². The fourth-order valence-corrected chi connectivity index (χ4v) is 4.99. The first kappa shape index (κ1) is 12.8. The van der Waals surface area contributed by atoms with Crippen LogP contribution in [-0.4, -0.2) is 4.98 Å². The highest BCUT2D eigenvalue weighted by Gasteiger charge is 2.22. The Balaban J connectivity index is 1.73. The van der Waals surface area contributed by atoms with Crippen molar-refractivity contribution in [2.24, 2.45) is 0 Å². The first-order valence-corrected chi connectivity index (χ1v) is 8.63. The lowest BCUT2D eigenvalue weighted by Gasteiger charge is -2.23. The number of fused-ring (bicyclic) bond motifs is 1. The van der Waals surface area contributed by atoms with E-state index in [9.17, 15) is 0 Å². The summed E-state index contributed by atoms with van der Waals surface area (Å²) in [5.41, 5.74) is 4.59. The highest BCUT2D eigenvalue weighted by atomic mass is 79.9. The van der Waals surface area contributed by atoms with Crippen molar-refractivity contribution in [2.75, 3.05) is 0 Å². The van der Waals surface area contributed by atoms with E-state index < -0.39 is 0 Å². The van der Waals surface area contributed by atoms with E-state index in [4.69, 9.17) is 0 Å². The van der Waals surface area contributed by atoms with Crippen molar-refractivity contribution in [1.82, 2.24) is 10.3 Å². The van der Waals surface area contributed by atoms with E-state index in [0.29, 0.717) is 6.04 Å². The number of thiazole rings is 1. The quantitative estimate of drug-likeness (QED) is 0.891. The van der Waals surface area contributed by atoms with Gasteiger partial charge in [0.25, 0.3) is 0 Å². The van der Waals surface area contributed by atoms with Crippen LogP contribution in [0.1, 0.15) is 39.9 Å². The minimum Gasteiger partial charge on any atom is -0.305 e. The van der Waals surface area contributed by atoms with E-state index in [-0.39, 0.29) is 0 Å². The molecule has 1 unspecified atom stereocenters. The molecule has 0 radical (unpaired) electrons. The van der Waals surface area contributed by atoms with E-state index in [1.807, 2.05) is 16.8 Å². The van der Waals surface area contributed by atoms with Gasteiger partial charge in [-0.25, -0.2) is 4.98 Å². The minimum atomic E-state index is 0.512. The molecule has 0 saturated heterocycles. The Morgan fingerprint density at radius 3 is 3.22 bits per heavy atom. The number of nitrogens with zero attached hydrogens (tertiary/aromatic N) is 1. The summed E-state index contributed by atoms with van der Waals surface area (Å²) in [5.74, 6) is 0. The number of rotatable bonds is 3. The van der Waals surface area contributed by atoms with Crippen LogP contribution in [0.4, 0.5) is 0 Å². The fourth-order valence-electron chi connectivity index (χ4n) is 2.45. The zero-order chi connectivity index (χ0) is 12.5. The molecular weight excluding hydrogens is 328 g/mol. The predicted molar refractivity (Wildman–Crippen MR) is 81.4 cm³/mol. The standard InChI is InChI=1S/C13H15BrN2S2/c1-8-12(17-7-16-8)6-15-10-3-2-4-11-9(10)5-13(14)18-11/h5,7,10,15H,2-4,6H2,1H3. The second-order valence-corrected chi connectivity index (χ2v) is 8.07. The van der Waals surface area contributed by atoms with E-state index >= 15 is 0 Å². The first-order chi connectivity index (χ1) is 8.74. The van der Waals surface area contributed by atoms with Crippen LogP contribution in [-0.2, 0) is 13.0 Å². The Morgan fingerprint density at radius 1 is 1.56 bits per heavy atom. The molecule has 2 aromatic heterocycles. The molecule has 0 saturated carbocycles. The van der Waals surface area contributed by atoms with Crippen molar-refractivity contribution < 1.29 is 0 Å². The second-order valence-electron chi connectivity index (χ2n) is 4.62. The van der Waals surface area contributed by atoms with Crippen LogP contribution in [0.3, 0.4) is 0 Å². The second kappa shape index (κ2) is 5.41. The third kappa shape index (κ3) is 2.54. The van der Waals surface area contributed by atoms with Crippen molar-refractivity contribution in [3.63, 3.8) is 0 Å². The number of aromatic nitrogens is 1. The molecule has 0 bridgehead atoms. The molecule has 0 aliphatic heterocycles. The average Bonchev–Trinajstić information content (AvgIpc) is 2.91. The van der Waals surface area contributed by atoms with Gasteiger partial charge >= 0.3 is 0 Å². The topological polar surface area (TPSA) is 24.9 Å². The molecule has 2 nitrogen and oxygen atoms in total. The molecule has 0 aromatic carbocycles. The van der Waals surface area contributed by atoms with E-state index in [2.05, 4.69) is 39.2 Å². The summed E-state index contributed by atoms with van der Waals surface area (Å²) in [7, 11) is 0. The Labute approximate surface area is 124 Å². The molecule has 1 aliphatic rings. The fraction of sp³-hybridized carbons (Fsp3) is 0.462. The summed E-state index contributed by atoms with van der Waals surface area (Å²) in [6.07, 6.45) is 3.77. The molecule has 2 heterocycles. The molecule has 1 aliphatic carbocycles. The molecule has 96 valence electrons. The van der Waals surface area contributed by atoms with Gasteiger partial charge in [-0.1, -0.05) is 0 Å². The van der Waals surface area contributed by atoms with Crippen LogP contribution in [0.15, 0.2) is 15.4 Å². The van der Waals surface area contributed by atoms with E-state index in [1.165, 1.54) is 33.5 Å². The third-order valence-corrected chi connectivity index (χ3v) is 6.09. The first-order valence-electron chi connectivity index (χ1n) is 6.14. The maximum absolute atomic E-state index is 4.30. The van der Waals surface area contributed by atoms with Crippen LogP contribution >= 0.6 is 38.6 Å². The van der Waals surface area contributed by atoms with Crippen molar-refractivity contribution in [2.45, 2.75) is 38.8 Å². The Morgan fingerprint density at radius 2 is 2.44 bits per heavy atom. The minimum absolute atomic E-state index is 0.512. The molecule has 1 atom stereocenters. The van der Waals surface area contributed by atoms with Crippen LogP contribution < -0.4 is 5.32 Å². The lowest BCUT2D eigenvalue weighted by atomic mass is 9.94. The summed E-state index contributed by atoms with van der Waals surface area (Å²) >= 11 is 7.24. The molecule has 5 heteroatoms. The predicted octanol–water partition coefficient (Wildman–Crippen LogP) is 4.44. The van der Waals surface area contributed by atoms with E-state index in [1.54, 1.807) is 16.2 Å². The smallest absolute Gasteiger partial charge is 0.0798 e. The van der Waals surface area contributed by atoms with Crippen molar-refractivity contribution >= 4 is 38.6 Å². The number of hydrogen-bond donors (Lipinski definition) is 1. The van der Waals surface area contributed by atoms with Gasteiger partial charge in [0.2, 0.25) is 0 Å². The summed E-state index contributed by atoms with van der Waals surface area (Å²) in [5, 5.41) is 3.69. The molecular formula is C13H15BrN2S2. The molecule has 0 spiro atoms. The number of nitrogens with one attached hydrogen (secondary N) is 1. The number of hydrogen-bond acceptors (Lipinski definition) is 4. The van der Waals surface area contributed by atoms with Gasteiger partial charge in [0, 0.05) is 22.3 Å². The molecule has 3 rings (SSSR count). The zero-order valence-electron chi connectivity index (χ0n) is 10.2. The average molecular weight is 343 g/mol. The van der Waals surface area contributed by atoms with Gasteiger partial charge < -0.3 is 5.32 Å². The summed E-state index contributed by atoms with van der Waals surface area (Å²) in [6.45, 7) is 3.02. The van der Waals surface area contributed by atoms with E-state index in [0.717, 1.165) is 12.2 Å². The number of aryl methyl sites for hydroxylation is 2. The maximum Gasteiger partial charge on any atom is 0.0798 e. The van der Waals surface area contributed by atoms with Crippen LogP contribution in [0.5, 0.6) is 0 Å². The normalized spacial score (nSPS) is 18.9. The summed E-state index contributed by atoms with van der Waals surface area (Å²) in [4.78, 5) is 7.21. The molecule has 0 amide bonds. The zero-order valence-corrected chi connectivity index (χ0v) is 13.4. The maximum atomic E-state index is 4.30. The van der Waals surface area contributed by atoms with Gasteiger partial charge in [-0.15, -0.1) is 22.7 Å². The molecule has 2 aromatic rings. The highest BCUT2D eigenvalue weighted by molar-refractivity contribution is 9.11. The third-order valence-electron chi connectivity index (χ3n) is 3.44. The van der Waals surface area contributed by atoms with Gasteiger partial charge in [-0.05, 0) is 53.7 Å². The van der Waals surface area contributed by atoms with Gasteiger partial charge in [-0.3, -0.25) is 0 Å². The number of thiophene rings is 1. The SMILES string of the molecule is Cc1ncsc1CNC1CCCc2sc(Br)cc21. The van der Waals surface area contributed by atoms with Gasteiger partial charge in [0.05, 0.1) is 15.0 Å². The van der Waals surface area contributed by atoms with Gasteiger partial charge in [0.1, 0.15) is 0 Å². The molecule has 18 heavy (non-hydrogen) atoms. The van der Waals surface area contributed by atoms with Crippen molar-refractivity contribution in [3.05, 3.63) is 36.4 Å². The Hall–Kier alpha value is -0.230. The summed E-state index contributed by atoms with van der Waals surface area (Å²) < 4.78 is 1.26. The molecule has 1 N–H and O–H groups in total. The van der Waals surface area contributed by atoms with Crippen molar-refractivity contribution in [1.29, 1.82) is 0 Å². The highest BCUT2D eigenvalue weighted by Crippen LogP contribution is 2.38. The number of halogens is 1. The molecule has 0 fully saturated rings. The summed E-state index contributed by atoms with van der Waals surface area (Å²) in [6, 6.07) is 2.80. The Bertz CT molecular complexity index is 547. The monoisotopic (exact) mass is 342 g/mol. The van der Waals surface area contributed by atoms with Crippen LogP contribution in [0.2, 0.25) is 0 Å². The van der Waals surface area contributed by atoms with Crippen LogP contribution in [0, 0.1) is 6.92 Å².